The van der Waals surface area contributed by atoms with Crippen molar-refractivity contribution in [2.75, 3.05) is 11.4 Å². The SMILES string of the molecule is CCN(c1nc(C)cc(COC(C)O)n1)c1ccc(C(C)C)cc1Br. The quantitative estimate of drug-likeness (QED) is 0.674. The standard InChI is InChI=1S/C19H26BrN3O2/c1-6-23(18-8-7-15(12(2)3)10-17(18)20)19-21-13(4)9-16(22-19)11-25-14(5)24/h7-10,12,14,24H,6,11H2,1-5H3. The van der Waals surface area contributed by atoms with E-state index < -0.39 is 6.29 Å². The predicted octanol–water partition coefficient (Wildman–Crippen LogP) is 4.68. The fourth-order valence-corrected chi connectivity index (χ4v) is 3.15. The van der Waals surface area contributed by atoms with E-state index in [4.69, 9.17) is 4.74 Å². The number of ether oxygens (including phenoxy) is 1. The Hall–Kier alpha value is -1.50. The number of anilines is 2. The molecule has 25 heavy (non-hydrogen) atoms. The molecule has 0 fully saturated rings. The van der Waals surface area contributed by atoms with Gasteiger partial charge in [0, 0.05) is 16.7 Å². The van der Waals surface area contributed by atoms with E-state index >= 15 is 0 Å². The highest BCUT2D eigenvalue weighted by atomic mass is 79.9. The Morgan fingerprint density at radius 2 is 1.92 bits per heavy atom. The lowest BCUT2D eigenvalue weighted by Gasteiger charge is -2.24. The van der Waals surface area contributed by atoms with E-state index in [1.54, 1.807) is 6.92 Å². The van der Waals surface area contributed by atoms with Crippen molar-refractivity contribution in [1.29, 1.82) is 0 Å². The Labute approximate surface area is 158 Å². The van der Waals surface area contributed by atoms with Crippen LogP contribution in [-0.2, 0) is 11.3 Å². The number of aliphatic hydroxyl groups excluding tert-OH is 1. The molecule has 2 rings (SSSR count). The van der Waals surface area contributed by atoms with Crippen molar-refractivity contribution >= 4 is 27.6 Å². The van der Waals surface area contributed by atoms with Gasteiger partial charge in [-0.25, -0.2) is 9.97 Å². The van der Waals surface area contributed by atoms with Crippen molar-refractivity contribution in [3.63, 3.8) is 0 Å². The van der Waals surface area contributed by atoms with E-state index in [2.05, 4.69) is 69.8 Å². The molecule has 0 saturated carbocycles. The molecule has 6 heteroatoms. The molecule has 1 aromatic heterocycles. The largest absolute Gasteiger partial charge is 0.368 e. The number of aromatic nitrogens is 2. The van der Waals surface area contributed by atoms with Gasteiger partial charge in [-0.05, 0) is 66.4 Å². The van der Waals surface area contributed by atoms with E-state index in [-0.39, 0.29) is 6.61 Å². The second-order valence-electron chi connectivity index (χ2n) is 6.32. The van der Waals surface area contributed by atoms with Crippen molar-refractivity contribution in [2.45, 2.75) is 53.4 Å². The van der Waals surface area contributed by atoms with Gasteiger partial charge in [-0.3, -0.25) is 0 Å². The summed E-state index contributed by atoms with van der Waals surface area (Å²) < 4.78 is 6.28. The van der Waals surface area contributed by atoms with Crippen LogP contribution in [0.3, 0.4) is 0 Å². The molecule has 1 N–H and O–H groups in total. The summed E-state index contributed by atoms with van der Waals surface area (Å²) in [7, 11) is 0. The number of hydrogen-bond donors (Lipinski definition) is 1. The first-order chi connectivity index (χ1) is 11.8. The zero-order valence-electron chi connectivity index (χ0n) is 15.5. The maximum atomic E-state index is 9.31. The summed E-state index contributed by atoms with van der Waals surface area (Å²) in [4.78, 5) is 11.3. The van der Waals surface area contributed by atoms with Gasteiger partial charge in [0.05, 0.1) is 18.0 Å². The van der Waals surface area contributed by atoms with Crippen molar-refractivity contribution in [3.8, 4) is 0 Å². The topological polar surface area (TPSA) is 58.5 Å². The van der Waals surface area contributed by atoms with E-state index in [0.717, 1.165) is 28.1 Å². The van der Waals surface area contributed by atoms with Crippen LogP contribution in [0.25, 0.3) is 0 Å². The number of hydrogen-bond acceptors (Lipinski definition) is 5. The summed E-state index contributed by atoms with van der Waals surface area (Å²) in [5.74, 6) is 1.10. The molecule has 1 unspecified atom stereocenters. The highest BCUT2D eigenvalue weighted by molar-refractivity contribution is 9.10. The normalized spacial score (nSPS) is 12.5. The third-order valence-electron chi connectivity index (χ3n) is 3.85. The van der Waals surface area contributed by atoms with Gasteiger partial charge in [0.1, 0.15) is 0 Å². The molecule has 0 radical (unpaired) electrons. The monoisotopic (exact) mass is 407 g/mol. The maximum absolute atomic E-state index is 9.31. The number of aryl methyl sites for hydroxylation is 1. The molecule has 1 aromatic carbocycles. The Bertz CT molecular complexity index is 720. The first-order valence-electron chi connectivity index (χ1n) is 8.53. The molecule has 0 spiro atoms. The van der Waals surface area contributed by atoms with Crippen LogP contribution >= 0.6 is 15.9 Å². The second kappa shape index (κ2) is 8.74. The molecule has 0 aliphatic heterocycles. The van der Waals surface area contributed by atoms with Crippen LogP contribution in [0, 0.1) is 6.92 Å². The van der Waals surface area contributed by atoms with Gasteiger partial charge in [-0.1, -0.05) is 19.9 Å². The van der Waals surface area contributed by atoms with Crippen LogP contribution in [0.5, 0.6) is 0 Å². The molecule has 2 aromatic rings. The van der Waals surface area contributed by atoms with Crippen LogP contribution in [0.1, 0.15) is 50.6 Å². The van der Waals surface area contributed by atoms with Crippen LogP contribution < -0.4 is 4.90 Å². The Kier molecular flexibility index (Phi) is 6.93. The van der Waals surface area contributed by atoms with Crippen molar-refractivity contribution in [1.82, 2.24) is 9.97 Å². The summed E-state index contributed by atoms with van der Waals surface area (Å²) in [6.07, 6.45) is -0.821. The lowest BCUT2D eigenvalue weighted by molar-refractivity contribution is -0.0948. The zero-order valence-corrected chi connectivity index (χ0v) is 17.0. The van der Waals surface area contributed by atoms with E-state index in [1.165, 1.54) is 5.56 Å². The fraction of sp³-hybridized carbons (Fsp3) is 0.474. The third kappa shape index (κ3) is 5.23. The van der Waals surface area contributed by atoms with Crippen LogP contribution in [0.15, 0.2) is 28.7 Å². The summed E-state index contributed by atoms with van der Waals surface area (Å²) in [6, 6.07) is 8.26. The molecule has 1 heterocycles. The van der Waals surface area contributed by atoms with E-state index in [0.29, 0.717) is 11.9 Å². The Morgan fingerprint density at radius 3 is 2.48 bits per heavy atom. The van der Waals surface area contributed by atoms with Gasteiger partial charge in [-0.15, -0.1) is 0 Å². The Balaban J connectivity index is 2.37. The lowest BCUT2D eigenvalue weighted by Crippen LogP contribution is -2.21. The number of halogens is 1. The molecule has 0 aliphatic rings. The predicted molar refractivity (Wildman–Crippen MR) is 104 cm³/mol. The first-order valence-corrected chi connectivity index (χ1v) is 9.32. The van der Waals surface area contributed by atoms with Crippen LogP contribution in [0.4, 0.5) is 11.6 Å². The summed E-state index contributed by atoms with van der Waals surface area (Å²) in [5, 5.41) is 9.31. The summed E-state index contributed by atoms with van der Waals surface area (Å²) in [5.41, 5.74) is 3.92. The van der Waals surface area contributed by atoms with Gasteiger partial charge in [0.2, 0.25) is 5.95 Å². The van der Waals surface area contributed by atoms with E-state index in [9.17, 15) is 5.11 Å². The average molecular weight is 408 g/mol. The van der Waals surface area contributed by atoms with Gasteiger partial charge < -0.3 is 14.7 Å². The highest BCUT2D eigenvalue weighted by Crippen LogP contribution is 2.33. The van der Waals surface area contributed by atoms with Crippen molar-refractivity contribution in [3.05, 3.63) is 45.7 Å². The number of benzene rings is 1. The van der Waals surface area contributed by atoms with Crippen LogP contribution in [0.2, 0.25) is 0 Å². The molecular formula is C19H26BrN3O2. The van der Waals surface area contributed by atoms with Gasteiger partial charge in [-0.2, -0.15) is 0 Å². The number of rotatable bonds is 7. The number of nitrogens with zero attached hydrogens (tertiary/aromatic N) is 3. The molecule has 0 aliphatic carbocycles. The Morgan fingerprint density at radius 1 is 1.20 bits per heavy atom. The molecule has 5 nitrogen and oxygen atoms in total. The molecule has 0 amide bonds. The highest BCUT2D eigenvalue weighted by Gasteiger charge is 2.16. The molecule has 0 bridgehead atoms. The molecule has 0 saturated heterocycles. The van der Waals surface area contributed by atoms with Gasteiger partial charge in [0.25, 0.3) is 0 Å². The minimum atomic E-state index is -0.821. The fourth-order valence-electron chi connectivity index (χ4n) is 2.54. The lowest BCUT2D eigenvalue weighted by atomic mass is 10.0. The minimum absolute atomic E-state index is 0.249. The van der Waals surface area contributed by atoms with Crippen molar-refractivity contribution < 1.29 is 9.84 Å². The summed E-state index contributed by atoms with van der Waals surface area (Å²) in [6.45, 7) is 10.9. The van der Waals surface area contributed by atoms with E-state index in [1.807, 2.05) is 13.0 Å². The third-order valence-corrected chi connectivity index (χ3v) is 4.49. The minimum Gasteiger partial charge on any atom is -0.368 e. The molecular weight excluding hydrogens is 382 g/mol. The van der Waals surface area contributed by atoms with Crippen molar-refractivity contribution in [2.24, 2.45) is 0 Å². The second-order valence-corrected chi connectivity index (χ2v) is 7.18. The van der Waals surface area contributed by atoms with Gasteiger partial charge >= 0.3 is 0 Å². The van der Waals surface area contributed by atoms with Crippen LogP contribution in [-0.4, -0.2) is 27.9 Å². The smallest absolute Gasteiger partial charge is 0.230 e. The molecule has 1 atom stereocenters. The number of aliphatic hydroxyl groups is 1. The maximum Gasteiger partial charge on any atom is 0.230 e. The van der Waals surface area contributed by atoms with Gasteiger partial charge in [0.15, 0.2) is 6.29 Å². The average Bonchev–Trinajstić information content (AvgIpc) is 2.54. The molecule has 136 valence electrons. The zero-order chi connectivity index (χ0) is 18.6. The summed E-state index contributed by atoms with van der Waals surface area (Å²) >= 11 is 3.69. The first kappa shape index (κ1) is 19.8.